The predicted molar refractivity (Wildman–Crippen MR) is 142 cm³/mol. The van der Waals surface area contributed by atoms with Gasteiger partial charge in [0.1, 0.15) is 18.2 Å². The molecule has 3 aromatic carbocycles. The smallest absolute Gasteiger partial charge is 0.269 e. The van der Waals surface area contributed by atoms with Gasteiger partial charge in [-0.3, -0.25) is 14.9 Å². The molecule has 0 unspecified atom stereocenters. The number of nitriles is 1. The number of allylic oxidation sites excluding steroid dienone is 1. The second-order valence-corrected chi connectivity index (χ2v) is 8.14. The van der Waals surface area contributed by atoms with E-state index < -0.39 is 10.8 Å². The van der Waals surface area contributed by atoms with E-state index in [1.54, 1.807) is 36.4 Å². The topological polar surface area (TPSA) is 114 Å². The number of hydrogen-bond acceptors (Lipinski definition) is 6. The fourth-order valence-corrected chi connectivity index (χ4v) is 3.52. The van der Waals surface area contributed by atoms with Crippen LogP contribution in [-0.4, -0.2) is 17.4 Å². The van der Waals surface area contributed by atoms with Gasteiger partial charge < -0.3 is 14.8 Å². The summed E-state index contributed by atoms with van der Waals surface area (Å²) in [4.78, 5) is 23.2. The van der Waals surface area contributed by atoms with Gasteiger partial charge in [-0.15, -0.1) is 6.58 Å². The molecule has 0 radical (unpaired) electrons. The molecular formula is C29H27N3O5. The zero-order valence-corrected chi connectivity index (χ0v) is 20.7. The number of anilines is 1. The molecule has 0 saturated carbocycles. The van der Waals surface area contributed by atoms with Gasteiger partial charge in [-0.2, -0.15) is 5.26 Å². The highest BCUT2D eigenvalue weighted by Gasteiger charge is 2.16. The Morgan fingerprint density at radius 1 is 1.14 bits per heavy atom. The van der Waals surface area contributed by atoms with Crippen molar-refractivity contribution in [3.8, 4) is 17.6 Å². The van der Waals surface area contributed by atoms with Crippen molar-refractivity contribution in [2.24, 2.45) is 0 Å². The first kappa shape index (κ1) is 26.7. The molecule has 3 rings (SSSR count). The van der Waals surface area contributed by atoms with Gasteiger partial charge in [-0.1, -0.05) is 23.8 Å². The summed E-state index contributed by atoms with van der Waals surface area (Å²) in [5.74, 6) is 0.430. The Kier molecular flexibility index (Phi) is 9.17. The van der Waals surface area contributed by atoms with Gasteiger partial charge in [0, 0.05) is 23.4 Å². The number of carbonyl (C=O) groups is 1. The van der Waals surface area contributed by atoms with E-state index in [4.69, 9.17) is 9.47 Å². The van der Waals surface area contributed by atoms with Crippen LogP contribution in [-0.2, 0) is 17.8 Å². The minimum Gasteiger partial charge on any atom is -0.490 e. The first-order valence-electron chi connectivity index (χ1n) is 11.6. The average molecular weight is 498 g/mol. The van der Waals surface area contributed by atoms with Crippen LogP contribution in [0, 0.1) is 28.4 Å². The van der Waals surface area contributed by atoms with E-state index in [-0.39, 0.29) is 17.9 Å². The number of nitrogens with zero attached hydrogens (tertiary/aromatic N) is 2. The Balaban J connectivity index is 1.90. The number of amides is 1. The van der Waals surface area contributed by atoms with E-state index in [0.29, 0.717) is 35.8 Å². The summed E-state index contributed by atoms with van der Waals surface area (Å²) in [5, 5.41) is 23.3. The Morgan fingerprint density at radius 3 is 2.43 bits per heavy atom. The minimum absolute atomic E-state index is 0.00181. The molecule has 0 heterocycles. The maximum atomic E-state index is 12.7. The maximum absolute atomic E-state index is 12.7. The number of nitro groups is 1. The first-order valence-corrected chi connectivity index (χ1v) is 11.6. The third-order valence-corrected chi connectivity index (χ3v) is 5.33. The molecule has 0 saturated heterocycles. The standard InChI is InChI=1S/C29H27N3O5/c1-4-6-23-15-22(16-24(18-30)29(33)31-25-11-7-20(3)8-12-25)17-27(36-5-2)28(23)37-19-21-9-13-26(14-10-21)32(34)35/h4,7-17H,1,5-6,19H2,2-3H3,(H,31,33)/b24-16-. The molecule has 0 atom stereocenters. The van der Waals surface area contributed by atoms with Gasteiger partial charge >= 0.3 is 0 Å². The van der Waals surface area contributed by atoms with Crippen molar-refractivity contribution < 1.29 is 19.2 Å². The molecule has 0 spiro atoms. The van der Waals surface area contributed by atoms with Crippen LogP contribution in [0.5, 0.6) is 11.5 Å². The fourth-order valence-electron chi connectivity index (χ4n) is 3.52. The van der Waals surface area contributed by atoms with Crippen LogP contribution < -0.4 is 14.8 Å². The second kappa shape index (κ2) is 12.7. The summed E-state index contributed by atoms with van der Waals surface area (Å²) in [5.41, 5.74) is 3.69. The number of hydrogen-bond donors (Lipinski definition) is 1. The maximum Gasteiger partial charge on any atom is 0.269 e. The average Bonchev–Trinajstić information content (AvgIpc) is 2.88. The van der Waals surface area contributed by atoms with Crippen molar-refractivity contribution in [2.75, 3.05) is 11.9 Å². The minimum atomic E-state index is -0.520. The van der Waals surface area contributed by atoms with Crippen molar-refractivity contribution in [2.45, 2.75) is 26.9 Å². The highest BCUT2D eigenvalue weighted by atomic mass is 16.6. The molecule has 8 nitrogen and oxygen atoms in total. The monoisotopic (exact) mass is 497 g/mol. The van der Waals surface area contributed by atoms with Gasteiger partial charge in [0.05, 0.1) is 11.5 Å². The van der Waals surface area contributed by atoms with Gasteiger partial charge in [0.25, 0.3) is 11.6 Å². The Bertz CT molecular complexity index is 1350. The van der Waals surface area contributed by atoms with E-state index in [1.807, 2.05) is 38.1 Å². The molecule has 0 aliphatic carbocycles. The van der Waals surface area contributed by atoms with E-state index in [0.717, 1.165) is 16.7 Å². The SMILES string of the molecule is C=CCc1cc(/C=C(/C#N)C(=O)Nc2ccc(C)cc2)cc(OCC)c1OCc1ccc([N+](=O)[O-])cc1. The number of nitrogens with one attached hydrogen (secondary N) is 1. The number of ether oxygens (including phenoxy) is 2. The third kappa shape index (κ3) is 7.29. The number of benzene rings is 3. The normalized spacial score (nSPS) is 10.8. The van der Waals surface area contributed by atoms with Crippen molar-refractivity contribution in [3.63, 3.8) is 0 Å². The molecule has 188 valence electrons. The fraction of sp³-hybridized carbons (Fsp3) is 0.172. The van der Waals surface area contributed by atoms with E-state index in [1.165, 1.54) is 18.2 Å². The zero-order valence-electron chi connectivity index (χ0n) is 20.7. The van der Waals surface area contributed by atoms with Crippen LogP contribution in [0.4, 0.5) is 11.4 Å². The zero-order chi connectivity index (χ0) is 26.8. The number of aryl methyl sites for hydroxylation is 1. The van der Waals surface area contributed by atoms with Crippen LogP contribution >= 0.6 is 0 Å². The summed E-state index contributed by atoms with van der Waals surface area (Å²) >= 11 is 0. The van der Waals surface area contributed by atoms with Crippen molar-refractivity contribution in [1.29, 1.82) is 5.26 Å². The molecule has 3 aromatic rings. The first-order chi connectivity index (χ1) is 17.8. The summed E-state index contributed by atoms with van der Waals surface area (Å²) in [6.45, 7) is 8.13. The summed E-state index contributed by atoms with van der Waals surface area (Å²) in [6, 6.07) is 18.9. The van der Waals surface area contributed by atoms with Gasteiger partial charge in [0.2, 0.25) is 0 Å². The molecule has 8 heteroatoms. The lowest BCUT2D eigenvalue weighted by Crippen LogP contribution is -2.13. The molecule has 0 bridgehead atoms. The van der Waals surface area contributed by atoms with E-state index >= 15 is 0 Å². The second-order valence-electron chi connectivity index (χ2n) is 8.14. The largest absolute Gasteiger partial charge is 0.490 e. The van der Waals surface area contributed by atoms with Crippen LogP contribution in [0.1, 0.15) is 29.2 Å². The quantitative estimate of drug-likeness (QED) is 0.112. The van der Waals surface area contributed by atoms with Gasteiger partial charge in [-0.05, 0) is 73.9 Å². The van der Waals surface area contributed by atoms with Crippen molar-refractivity contribution >= 4 is 23.4 Å². The third-order valence-electron chi connectivity index (χ3n) is 5.33. The Morgan fingerprint density at radius 2 is 1.84 bits per heavy atom. The number of non-ortho nitro benzene ring substituents is 1. The van der Waals surface area contributed by atoms with Crippen LogP contribution in [0.2, 0.25) is 0 Å². The van der Waals surface area contributed by atoms with Gasteiger partial charge in [0.15, 0.2) is 11.5 Å². The van der Waals surface area contributed by atoms with E-state index in [2.05, 4.69) is 11.9 Å². The van der Waals surface area contributed by atoms with E-state index in [9.17, 15) is 20.2 Å². The number of carbonyl (C=O) groups excluding carboxylic acids is 1. The Hall–Kier alpha value is -4.90. The van der Waals surface area contributed by atoms with Crippen LogP contribution in [0.3, 0.4) is 0 Å². The molecule has 0 aliphatic heterocycles. The highest BCUT2D eigenvalue weighted by Crippen LogP contribution is 2.35. The van der Waals surface area contributed by atoms with Gasteiger partial charge in [-0.25, -0.2) is 0 Å². The van der Waals surface area contributed by atoms with Crippen molar-refractivity contribution in [1.82, 2.24) is 0 Å². The molecule has 0 aromatic heterocycles. The van der Waals surface area contributed by atoms with Crippen LogP contribution in [0.25, 0.3) is 6.08 Å². The molecule has 1 amide bonds. The molecule has 0 aliphatic rings. The summed E-state index contributed by atoms with van der Waals surface area (Å²) in [7, 11) is 0. The summed E-state index contributed by atoms with van der Waals surface area (Å²) in [6.07, 6.45) is 3.67. The summed E-state index contributed by atoms with van der Waals surface area (Å²) < 4.78 is 11.9. The lowest BCUT2D eigenvalue weighted by Gasteiger charge is -2.17. The van der Waals surface area contributed by atoms with Crippen LogP contribution in [0.15, 0.2) is 78.9 Å². The molecule has 1 N–H and O–H groups in total. The predicted octanol–water partition coefficient (Wildman–Crippen LogP) is 6.16. The molecule has 37 heavy (non-hydrogen) atoms. The number of nitro benzene ring substituents is 1. The Labute approximate surface area is 215 Å². The molecular weight excluding hydrogens is 470 g/mol. The highest BCUT2D eigenvalue weighted by molar-refractivity contribution is 6.09. The van der Waals surface area contributed by atoms with Crippen molar-refractivity contribution in [3.05, 3.63) is 111 Å². The number of rotatable bonds is 11. The lowest BCUT2D eigenvalue weighted by atomic mass is 10.0. The molecule has 0 fully saturated rings. The lowest BCUT2D eigenvalue weighted by molar-refractivity contribution is -0.384.